The average Bonchev–Trinajstić information content (AvgIpc) is 2.18. The predicted octanol–water partition coefficient (Wildman–Crippen LogP) is 0.888. The molecule has 0 aliphatic carbocycles. The van der Waals surface area contributed by atoms with Crippen molar-refractivity contribution in [3.8, 4) is 0 Å². The van der Waals surface area contributed by atoms with Gasteiger partial charge in [0.25, 0.3) is 0 Å². The highest BCUT2D eigenvalue weighted by atomic mass is 16.3. The molecule has 1 N–H and O–H groups in total. The zero-order valence-corrected chi connectivity index (χ0v) is 9.88. The number of nitrogens with zero attached hydrogens (tertiary/aromatic N) is 2. The van der Waals surface area contributed by atoms with E-state index >= 15 is 0 Å². The Kier molecular flexibility index (Phi) is 14.0. The van der Waals surface area contributed by atoms with Crippen LogP contribution >= 0.6 is 0 Å². The van der Waals surface area contributed by atoms with Gasteiger partial charge < -0.3 is 14.9 Å². The first-order valence-corrected chi connectivity index (χ1v) is 5.18. The maximum absolute atomic E-state index is 8.60. The molecule has 0 atom stereocenters. The molecule has 0 bridgehead atoms. The van der Waals surface area contributed by atoms with Gasteiger partial charge >= 0.3 is 0 Å². The Morgan fingerprint density at radius 3 is 1.77 bits per heavy atom. The van der Waals surface area contributed by atoms with Crippen molar-refractivity contribution in [3.63, 3.8) is 0 Å². The number of hydrogen-bond donors (Lipinski definition) is 1. The van der Waals surface area contributed by atoms with Crippen molar-refractivity contribution in [1.82, 2.24) is 9.80 Å². The molecule has 0 aromatic heterocycles. The SMILES string of the molecule is CC.CCN(C)CCN(C)CCO. The average molecular weight is 190 g/mol. The minimum Gasteiger partial charge on any atom is -0.395 e. The summed E-state index contributed by atoms with van der Waals surface area (Å²) < 4.78 is 0. The van der Waals surface area contributed by atoms with Gasteiger partial charge in [0.2, 0.25) is 0 Å². The van der Waals surface area contributed by atoms with E-state index in [-0.39, 0.29) is 6.61 Å². The molecule has 0 heterocycles. The quantitative estimate of drug-likeness (QED) is 0.674. The van der Waals surface area contributed by atoms with Gasteiger partial charge in [-0.15, -0.1) is 0 Å². The molecule has 3 heteroatoms. The second-order valence-electron chi connectivity index (χ2n) is 2.92. The van der Waals surface area contributed by atoms with E-state index in [1.807, 2.05) is 20.9 Å². The highest BCUT2D eigenvalue weighted by Crippen LogP contribution is 1.84. The smallest absolute Gasteiger partial charge is 0.0558 e. The molecule has 0 saturated heterocycles. The maximum atomic E-state index is 8.60. The molecule has 82 valence electrons. The third-order valence-electron chi connectivity index (χ3n) is 1.88. The minimum absolute atomic E-state index is 0.256. The molecule has 0 spiro atoms. The van der Waals surface area contributed by atoms with Crippen LogP contribution in [0.25, 0.3) is 0 Å². The van der Waals surface area contributed by atoms with E-state index in [0.717, 1.165) is 26.2 Å². The fourth-order valence-electron chi connectivity index (χ4n) is 0.782. The Balaban J connectivity index is 0. The lowest BCUT2D eigenvalue weighted by molar-refractivity contribution is 0.204. The van der Waals surface area contributed by atoms with Crippen LogP contribution in [0.3, 0.4) is 0 Å². The van der Waals surface area contributed by atoms with Gasteiger partial charge in [0.15, 0.2) is 0 Å². The van der Waals surface area contributed by atoms with Gasteiger partial charge in [0, 0.05) is 19.6 Å². The van der Waals surface area contributed by atoms with E-state index in [9.17, 15) is 0 Å². The summed E-state index contributed by atoms with van der Waals surface area (Å²) >= 11 is 0. The van der Waals surface area contributed by atoms with Gasteiger partial charge in [-0.05, 0) is 20.6 Å². The summed E-state index contributed by atoms with van der Waals surface area (Å²) in [7, 11) is 4.13. The van der Waals surface area contributed by atoms with Crippen molar-refractivity contribution >= 4 is 0 Å². The lowest BCUT2D eigenvalue weighted by Gasteiger charge is -2.19. The van der Waals surface area contributed by atoms with Gasteiger partial charge in [0.1, 0.15) is 0 Å². The third-order valence-corrected chi connectivity index (χ3v) is 1.88. The van der Waals surface area contributed by atoms with E-state index < -0.39 is 0 Å². The van der Waals surface area contributed by atoms with Crippen molar-refractivity contribution in [2.45, 2.75) is 20.8 Å². The second-order valence-corrected chi connectivity index (χ2v) is 2.92. The molecule has 0 aromatic carbocycles. The lowest BCUT2D eigenvalue weighted by atomic mass is 10.4. The van der Waals surface area contributed by atoms with Crippen molar-refractivity contribution in [2.24, 2.45) is 0 Å². The normalized spacial score (nSPS) is 10.2. The summed E-state index contributed by atoms with van der Waals surface area (Å²) in [6.45, 7) is 10.4. The lowest BCUT2D eigenvalue weighted by Crippen LogP contribution is -2.32. The van der Waals surface area contributed by atoms with E-state index in [0.29, 0.717) is 0 Å². The van der Waals surface area contributed by atoms with Crippen LogP contribution in [-0.4, -0.2) is 61.8 Å². The molecule has 0 aliphatic rings. The topological polar surface area (TPSA) is 26.7 Å². The van der Waals surface area contributed by atoms with Gasteiger partial charge in [-0.3, -0.25) is 0 Å². The Hall–Kier alpha value is -0.120. The molecule has 13 heavy (non-hydrogen) atoms. The van der Waals surface area contributed by atoms with Crippen LogP contribution in [-0.2, 0) is 0 Å². The number of aliphatic hydroxyl groups is 1. The third kappa shape index (κ3) is 11.9. The Bertz CT molecular complexity index is 89.0. The highest BCUT2D eigenvalue weighted by Gasteiger charge is 1.98. The maximum Gasteiger partial charge on any atom is 0.0558 e. The minimum atomic E-state index is 0.256. The van der Waals surface area contributed by atoms with Crippen LogP contribution in [0.5, 0.6) is 0 Å². The molecule has 0 unspecified atom stereocenters. The first-order chi connectivity index (χ1) is 6.20. The molecule has 0 aromatic rings. The van der Waals surface area contributed by atoms with E-state index in [1.54, 1.807) is 0 Å². The molecule has 0 fully saturated rings. The van der Waals surface area contributed by atoms with Crippen molar-refractivity contribution in [2.75, 3.05) is 46.9 Å². The number of likely N-dealkylation sites (N-methyl/N-ethyl adjacent to an activating group) is 2. The summed E-state index contributed by atoms with van der Waals surface area (Å²) in [5, 5.41) is 8.60. The van der Waals surface area contributed by atoms with Crippen LogP contribution in [0.1, 0.15) is 20.8 Å². The molecule has 0 aliphatic heterocycles. The summed E-state index contributed by atoms with van der Waals surface area (Å²) in [5.41, 5.74) is 0. The zero-order valence-electron chi connectivity index (χ0n) is 9.88. The van der Waals surface area contributed by atoms with Crippen LogP contribution in [0.4, 0.5) is 0 Å². The van der Waals surface area contributed by atoms with Gasteiger partial charge in [-0.1, -0.05) is 20.8 Å². The zero-order chi connectivity index (χ0) is 10.7. The van der Waals surface area contributed by atoms with Gasteiger partial charge in [0.05, 0.1) is 6.61 Å². The van der Waals surface area contributed by atoms with E-state index in [1.165, 1.54) is 0 Å². The number of rotatable bonds is 6. The van der Waals surface area contributed by atoms with Gasteiger partial charge in [-0.2, -0.15) is 0 Å². The van der Waals surface area contributed by atoms with Crippen LogP contribution in [0, 0.1) is 0 Å². The van der Waals surface area contributed by atoms with E-state index in [4.69, 9.17) is 5.11 Å². The molecular formula is C10H26N2O. The fourth-order valence-corrected chi connectivity index (χ4v) is 0.782. The molecule has 0 saturated carbocycles. The Morgan fingerprint density at radius 1 is 0.923 bits per heavy atom. The van der Waals surface area contributed by atoms with Gasteiger partial charge in [-0.25, -0.2) is 0 Å². The first-order valence-electron chi connectivity index (χ1n) is 5.18. The van der Waals surface area contributed by atoms with E-state index in [2.05, 4.69) is 23.8 Å². The Labute approximate surface area is 83.3 Å². The van der Waals surface area contributed by atoms with Crippen LogP contribution < -0.4 is 0 Å². The predicted molar refractivity (Wildman–Crippen MR) is 59.1 cm³/mol. The fraction of sp³-hybridized carbons (Fsp3) is 1.00. The molecule has 0 amide bonds. The summed E-state index contributed by atoms with van der Waals surface area (Å²) in [6, 6.07) is 0. The standard InChI is InChI=1S/C8H20N2O.C2H6/c1-4-9(2)5-6-10(3)7-8-11;1-2/h11H,4-8H2,1-3H3;1-2H3. The Morgan fingerprint density at radius 2 is 1.38 bits per heavy atom. The first kappa shape index (κ1) is 15.4. The molecule has 0 rings (SSSR count). The number of aliphatic hydroxyl groups excluding tert-OH is 1. The molecule has 3 nitrogen and oxygen atoms in total. The van der Waals surface area contributed by atoms with Crippen molar-refractivity contribution in [3.05, 3.63) is 0 Å². The highest BCUT2D eigenvalue weighted by molar-refractivity contribution is 4.54. The van der Waals surface area contributed by atoms with Crippen LogP contribution in [0.15, 0.2) is 0 Å². The molecular weight excluding hydrogens is 164 g/mol. The second kappa shape index (κ2) is 11.9. The largest absolute Gasteiger partial charge is 0.395 e. The summed E-state index contributed by atoms with van der Waals surface area (Å²) in [4.78, 5) is 4.39. The van der Waals surface area contributed by atoms with Crippen molar-refractivity contribution < 1.29 is 5.11 Å². The monoisotopic (exact) mass is 190 g/mol. The molecule has 0 radical (unpaired) electrons. The summed E-state index contributed by atoms with van der Waals surface area (Å²) in [6.07, 6.45) is 0. The van der Waals surface area contributed by atoms with Crippen molar-refractivity contribution in [1.29, 1.82) is 0 Å². The number of hydrogen-bond acceptors (Lipinski definition) is 3. The summed E-state index contributed by atoms with van der Waals surface area (Å²) in [5.74, 6) is 0. The van der Waals surface area contributed by atoms with Crippen LogP contribution in [0.2, 0.25) is 0 Å².